The highest BCUT2D eigenvalue weighted by atomic mass is 19.1. The Bertz CT molecular complexity index is 341. The van der Waals surface area contributed by atoms with E-state index in [9.17, 15) is 4.39 Å². The Morgan fingerprint density at radius 3 is 2.50 bits per heavy atom. The molecule has 0 bridgehead atoms. The topological polar surface area (TPSA) is 12.0 Å². The van der Waals surface area contributed by atoms with Crippen LogP contribution in [0.15, 0.2) is 24.3 Å². The van der Waals surface area contributed by atoms with Gasteiger partial charge < -0.3 is 5.32 Å². The number of halogens is 1. The smallest absolute Gasteiger partial charge is 0.123 e. The first-order valence-electron chi connectivity index (χ1n) is 7.22. The normalized spacial score (nSPS) is 18.8. The molecule has 0 amide bonds. The Morgan fingerprint density at radius 2 is 1.83 bits per heavy atom. The third-order valence-electron chi connectivity index (χ3n) is 3.93. The lowest BCUT2D eigenvalue weighted by Crippen LogP contribution is -2.33. The maximum Gasteiger partial charge on any atom is 0.123 e. The van der Waals surface area contributed by atoms with E-state index in [2.05, 4.69) is 12.2 Å². The maximum absolute atomic E-state index is 12.8. The average molecular weight is 249 g/mol. The molecule has 1 aromatic rings. The van der Waals surface area contributed by atoms with Crippen LogP contribution in [0.2, 0.25) is 0 Å². The standard InChI is InChI=1S/C16H24FN/c1-13(11-14-7-9-16(17)10-8-14)18-12-15-5-3-2-4-6-15/h7-10,13,15,18H,2-6,11-12H2,1H3. The summed E-state index contributed by atoms with van der Waals surface area (Å²) in [7, 11) is 0. The number of rotatable bonds is 5. The van der Waals surface area contributed by atoms with Gasteiger partial charge in [0.25, 0.3) is 0 Å². The first-order valence-corrected chi connectivity index (χ1v) is 7.22. The first-order chi connectivity index (χ1) is 8.74. The minimum absolute atomic E-state index is 0.151. The minimum Gasteiger partial charge on any atom is -0.314 e. The minimum atomic E-state index is -0.151. The number of nitrogens with one attached hydrogen (secondary N) is 1. The van der Waals surface area contributed by atoms with Gasteiger partial charge in [0.05, 0.1) is 0 Å². The summed E-state index contributed by atoms with van der Waals surface area (Å²) in [5, 5.41) is 3.62. The predicted molar refractivity (Wildman–Crippen MR) is 74.1 cm³/mol. The zero-order chi connectivity index (χ0) is 12.8. The Balaban J connectivity index is 1.71. The molecule has 1 saturated carbocycles. The molecule has 0 aliphatic heterocycles. The van der Waals surface area contributed by atoms with Gasteiger partial charge in [-0.3, -0.25) is 0 Å². The van der Waals surface area contributed by atoms with Crippen molar-refractivity contribution in [2.45, 2.75) is 51.5 Å². The second-order valence-electron chi connectivity index (χ2n) is 5.64. The molecule has 100 valence electrons. The van der Waals surface area contributed by atoms with Crippen LogP contribution < -0.4 is 5.32 Å². The molecule has 1 N–H and O–H groups in total. The van der Waals surface area contributed by atoms with Crippen molar-refractivity contribution in [2.75, 3.05) is 6.54 Å². The zero-order valence-electron chi connectivity index (χ0n) is 11.3. The molecule has 1 aliphatic rings. The van der Waals surface area contributed by atoms with Crippen LogP contribution in [0.5, 0.6) is 0 Å². The molecule has 18 heavy (non-hydrogen) atoms. The summed E-state index contributed by atoms with van der Waals surface area (Å²) in [6.07, 6.45) is 7.97. The Kier molecular flexibility index (Phi) is 5.18. The van der Waals surface area contributed by atoms with E-state index in [1.165, 1.54) is 37.7 Å². The van der Waals surface area contributed by atoms with E-state index in [4.69, 9.17) is 0 Å². The Hall–Kier alpha value is -0.890. The fourth-order valence-electron chi connectivity index (χ4n) is 2.81. The van der Waals surface area contributed by atoms with Crippen LogP contribution in [0.25, 0.3) is 0 Å². The van der Waals surface area contributed by atoms with Gasteiger partial charge in [0, 0.05) is 6.04 Å². The third kappa shape index (κ3) is 4.41. The van der Waals surface area contributed by atoms with Crippen LogP contribution in [0.4, 0.5) is 4.39 Å². The molecule has 0 heterocycles. The fraction of sp³-hybridized carbons (Fsp3) is 0.625. The third-order valence-corrected chi connectivity index (χ3v) is 3.93. The summed E-state index contributed by atoms with van der Waals surface area (Å²) < 4.78 is 12.8. The van der Waals surface area contributed by atoms with Gasteiger partial charge in [-0.15, -0.1) is 0 Å². The highest BCUT2D eigenvalue weighted by Gasteiger charge is 2.14. The largest absolute Gasteiger partial charge is 0.314 e. The first kappa shape index (κ1) is 13.5. The fourth-order valence-corrected chi connectivity index (χ4v) is 2.81. The van der Waals surface area contributed by atoms with Crippen LogP contribution >= 0.6 is 0 Å². The molecular weight excluding hydrogens is 225 g/mol. The predicted octanol–water partition coefficient (Wildman–Crippen LogP) is 3.93. The molecule has 1 aliphatic carbocycles. The van der Waals surface area contributed by atoms with Crippen molar-refractivity contribution in [3.05, 3.63) is 35.6 Å². The zero-order valence-corrected chi connectivity index (χ0v) is 11.3. The molecule has 2 heteroatoms. The van der Waals surface area contributed by atoms with Crippen LogP contribution in [-0.4, -0.2) is 12.6 Å². The van der Waals surface area contributed by atoms with Crippen LogP contribution in [0.1, 0.15) is 44.6 Å². The summed E-state index contributed by atoms with van der Waals surface area (Å²) in [5.41, 5.74) is 1.21. The molecule has 0 spiro atoms. The Labute approximate surface area is 110 Å². The highest BCUT2D eigenvalue weighted by Crippen LogP contribution is 2.22. The molecule has 1 atom stereocenters. The lowest BCUT2D eigenvalue weighted by molar-refractivity contribution is 0.330. The van der Waals surface area contributed by atoms with Gasteiger partial charge in [0.15, 0.2) is 0 Å². The Morgan fingerprint density at radius 1 is 1.17 bits per heavy atom. The van der Waals surface area contributed by atoms with Gasteiger partial charge in [0.1, 0.15) is 5.82 Å². The number of benzene rings is 1. The second-order valence-corrected chi connectivity index (χ2v) is 5.64. The molecule has 1 aromatic carbocycles. The number of hydrogen-bond donors (Lipinski definition) is 1. The van der Waals surface area contributed by atoms with Crippen molar-refractivity contribution in [2.24, 2.45) is 5.92 Å². The second kappa shape index (κ2) is 6.89. The van der Waals surface area contributed by atoms with E-state index >= 15 is 0 Å². The van der Waals surface area contributed by atoms with E-state index in [1.54, 1.807) is 12.1 Å². The van der Waals surface area contributed by atoms with Crippen molar-refractivity contribution in [3.8, 4) is 0 Å². The van der Waals surface area contributed by atoms with Gasteiger partial charge in [-0.25, -0.2) is 4.39 Å². The van der Waals surface area contributed by atoms with Crippen molar-refractivity contribution >= 4 is 0 Å². The van der Waals surface area contributed by atoms with Gasteiger partial charge in [0.2, 0.25) is 0 Å². The summed E-state index contributed by atoms with van der Waals surface area (Å²) in [4.78, 5) is 0. The molecule has 1 fully saturated rings. The van der Waals surface area contributed by atoms with Gasteiger partial charge >= 0.3 is 0 Å². The molecular formula is C16H24FN. The van der Waals surface area contributed by atoms with Crippen LogP contribution in [0, 0.1) is 11.7 Å². The van der Waals surface area contributed by atoms with E-state index < -0.39 is 0 Å². The quantitative estimate of drug-likeness (QED) is 0.834. The number of hydrogen-bond acceptors (Lipinski definition) is 1. The highest BCUT2D eigenvalue weighted by molar-refractivity contribution is 5.16. The van der Waals surface area contributed by atoms with Crippen molar-refractivity contribution in [1.82, 2.24) is 5.32 Å². The van der Waals surface area contributed by atoms with Crippen LogP contribution in [-0.2, 0) is 6.42 Å². The van der Waals surface area contributed by atoms with Crippen LogP contribution in [0.3, 0.4) is 0 Å². The maximum atomic E-state index is 12.8. The molecule has 2 rings (SSSR count). The molecule has 0 saturated heterocycles. The van der Waals surface area contributed by atoms with Gasteiger partial charge in [-0.1, -0.05) is 31.4 Å². The van der Waals surface area contributed by atoms with Crippen molar-refractivity contribution in [3.63, 3.8) is 0 Å². The summed E-state index contributed by atoms with van der Waals surface area (Å²) >= 11 is 0. The van der Waals surface area contributed by atoms with Crippen molar-refractivity contribution in [1.29, 1.82) is 0 Å². The summed E-state index contributed by atoms with van der Waals surface area (Å²) in [6.45, 7) is 3.36. The van der Waals surface area contributed by atoms with E-state index in [-0.39, 0.29) is 5.82 Å². The van der Waals surface area contributed by atoms with E-state index in [0.29, 0.717) is 6.04 Å². The summed E-state index contributed by atoms with van der Waals surface area (Å²) in [6, 6.07) is 7.33. The molecule has 1 nitrogen and oxygen atoms in total. The molecule has 0 radical (unpaired) electrons. The lowest BCUT2D eigenvalue weighted by Gasteiger charge is -2.24. The SMILES string of the molecule is CC(Cc1ccc(F)cc1)NCC1CCCCC1. The average Bonchev–Trinajstić information content (AvgIpc) is 2.40. The van der Waals surface area contributed by atoms with Gasteiger partial charge in [-0.2, -0.15) is 0 Å². The monoisotopic (exact) mass is 249 g/mol. The summed E-state index contributed by atoms with van der Waals surface area (Å²) in [5.74, 6) is 0.719. The van der Waals surface area contributed by atoms with E-state index in [0.717, 1.165) is 18.9 Å². The lowest BCUT2D eigenvalue weighted by atomic mass is 9.89. The molecule has 1 unspecified atom stereocenters. The van der Waals surface area contributed by atoms with Gasteiger partial charge in [-0.05, 0) is 56.3 Å². The van der Waals surface area contributed by atoms with E-state index in [1.807, 2.05) is 12.1 Å². The van der Waals surface area contributed by atoms with Crippen molar-refractivity contribution < 1.29 is 4.39 Å². The molecule has 0 aromatic heterocycles.